The maximum atomic E-state index is 4.44. The number of nitrogens with one attached hydrogen (secondary N) is 1. The van der Waals surface area contributed by atoms with Crippen LogP contribution in [-0.4, -0.2) is 4.98 Å². The van der Waals surface area contributed by atoms with Crippen LogP contribution in [0.1, 0.15) is 5.56 Å². The SMILES string of the molecule is Cc1ccc(-c2ccccn2)c(Nc2ccccc2)c1. The molecular formula is C18H16N2. The lowest BCUT2D eigenvalue weighted by Crippen LogP contribution is -1.95. The zero-order valence-corrected chi connectivity index (χ0v) is 11.4. The molecule has 0 atom stereocenters. The van der Waals surface area contributed by atoms with Gasteiger partial charge in [0.1, 0.15) is 0 Å². The quantitative estimate of drug-likeness (QED) is 0.731. The summed E-state index contributed by atoms with van der Waals surface area (Å²) in [5.74, 6) is 0. The van der Waals surface area contributed by atoms with Crippen LogP contribution in [0.5, 0.6) is 0 Å². The van der Waals surface area contributed by atoms with Crippen LogP contribution >= 0.6 is 0 Å². The lowest BCUT2D eigenvalue weighted by molar-refractivity contribution is 1.32. The van der Waals surface area contributed by atoms with Crippen LogP contribution in [0.2, 0.25) is 0 Å². The summed E-state index contributed by atoms with van der Waals surface area (Å²) in [4.78, 5) is 4.44. The predicted octanol–water partition coefficient (Wildman–Crippen LogP) is 4.80. The van der Waals surface area contributed by atoms with E-state index in [9.17, 15) is 0 Å². The van der Waals surface area contributed by atoms with E-state index in [1.165, 1.54) is 5.56 Å². The van der Waals surface area contributed by atoms with Crippen molar-refractivity contribution in [1.29, 1.82) is 0 Å². The molecule has 20 heavy (non-hydrogen) atoms. The van der Waals surface area contributed by atoms with Crippen molar-refractivity contribution in [1.82, 2.24) is 4.98 Å². The number of rotatable bonds is 3. The van der Waals surface area contributed by atoms with Crippen LogP contribution in [0.25, 0.3) is 11.3 Å². The maximum absolute atomic E-state index is 4.44. The average molecular weight is 260 g/mol. The highest BCUT2D eigenvalue weighted by molar-refractivity contribution is 5.79. The average Bonchev–Trinajstić information content (AvgIpc) is 2.49. The van der Waals surface area contributed by atoms with Crippen molar-refractivity contribution in [2.24, 2.45) is 0 Å². The van der Waals surface area contributed by atoms with E-state index < -0.39 is 0 Å². The maximum Gasteiger partial charge on any atom is 0.0722 e. The first-order valence-corrected chi connectivity index (χ1v) is 6.67. The minimum Gasteiger partial charge on any atom is -0.355 e. The van der Waals surface area contributed by atoms with Gasteiger partial charge in [0.15, 0.2) is 0 Å². The molecule has 0 radical (unpaired) electrons. The van der Waals surface area contributed by atoms with Crippen molar-refractivity contribution in [3.63, 3.8) is 0 Å². The summed E-state index contributed by atoms with van der Waals surface area (Å²) in [5, 5.41) is 3.47. The summed E-state index contributed by atoms with van der Waals surface area (Å²) < 4.78 is 0. The van der Waals surface area contributed by atoms with Crippen molar-refractivity contribution in [2.75, 3.05) is 5.32 Å². The lowest BCUT2D eigenvalue weighted by Gasteiger charge is -2.12. The molecule has 2 aromatic carbocycles. The fraction of sp³-hybridized carbons (Fsp3) is 0.0556. The van der Waals surface area contributed by atoms with Crippen LogP contribution < -0.4 is 5.32 Å². The largest absolute Gasteiger partial charge is 0.355 e. The highest BCUT2D eigenvalue weighted by Gasteiger charge is 2.06. The molecule has 0 amide bonds. The molecule has 2 nitrogen and oxygen atoms in total. The highest BCUT2D eigenvalue weighted by Crippen LogP contribution is 2.29. The van der Waals surface area contributed by atoms with Gasteiger partial charge < -0.3 is 5.32 Å². The molecule has 0 aliphatic heterocycles. The Balaban J connectivity index is 2.03. The Kier molecular flexibility index (Phi) is 3.46. The second kappa shape index (κ2) is 5.57. The topological polar surface area (TPSA) is 24.9 Å². The molecule has 0 aliphatic rings. The highest BCUT2D eigenvalue weighted by atomic mass is 14.9. The number of aromatic nitrogens is 1. The summed E-state index contributed by atoms with van der Waals surface area (Å²) in [6, 6.07) is 22.5. The molecule has 0 spiro atoms. The van der Waals surface area contributed by atoms with Gasteiger partial charge in [0.25, 0.3) is 0 Å². The molecule has 0 fully saturated rings. The van der Waals surface area contributed by atoms with Crippen molar-refractivity contribution < 1.29 is 0 Å². The Morgan fingerprint density at radius 1 is 0.850 bits per heavy atom. The van der Waals surface area contributed by atoms with Gasteiger partial charge in [-0.3, -0.25) is 4.98 Å². The third-order valence-electron chi connectivity index (χ3n) is 3.17. The van der Waals surface area contributed by atoms with Crippen LogP contribution in [0.3, 0.4) is 0 Å². The number of benzene rings is 2. The zero-order chi connectivity index (χ0) is 13.8. The van der Waals surface area contributed by atoms with Gasteiger partial charge in [-0.05, 0) is 42.8 Å². The predicted molar refractivity (Wildman–Crippen MR) is 84.1 cm³/mol. The second-order valence-corrected chi connectivity index (χ2v) is 4.76. The number of aryl methyl sites for hydroxylation is 1. The van der Waals surface area contributed by atoms with Crippen molar-refractivity contribution >= 4 is 11.4 Å². The monoisotopic (exact) mass is 260 g/mol. The molecular weight excluding hydrogens is 244 g/mol. The van der Waals surface area contributed by atoms with Crippen LogP contribution in [0.4, 0.5) is 11.4 Å². The van der Waals surface area contributed by atoms with Gasteiger partial charge in [0, 0.05) is 23.1 Å². The van der Waals surface area contributed by atoms with Gasteiger partial charge in [-0.1, -0.05) is 36.4 Å². The third kappa shape index (κ3) is 2.69. The Bertz CT molecular complexity index is 691. The summed E-state index contributed by atoms with van der Waals surface area (Å²) in [6.07, 6.45) is 1.82. The van der Waals surface area contributed by atoms with E-state index in [1.54, 1.807) is 0 Å². The third-order valence-corrected chi connectivity index (χ3v) is 3.17. The number of para-hydroxylation sites is 1. The molecule has 1 N–H and O–H groups in total. The first-order chi connectivity index (χ1) is 9.83. The summed E-state index contributed by atoms with van der Waals surface area (Å²) in [5.41, 5.74) is 5.47. The van der Waals surface area contributed by atoms with Crippen LogP contribution in [0.15, 0.2) is 72.9 Å². The molecule has 0 saturated carbocycles. The minimum atomic E-state index is 0.978. The van der Waals surface area contributed by atoms with Crippen LogP contribution in [0, 0.1) is 6.92 Å². The van der Waals surface area contributed by atoms with Gasteiger partial charge in [-0.15, -0.1) is 0 Å². The van der Waals surface area contributed by atoms with E-state index in [4.69, 9.17) is 0 Å². The number of anilines is 2. The van der Waals surface area contributed by atoms with E-state index in [2.05, 4.69) is 47.6 Å². The van der Waals surface area contributed by atoms with E-state index in [-0.39, 0.29) is 0 Å². The van der Waals surface area contributed by atoms with Crippen molar-refractivity contribution in [2.45, 2.75) is 6.92 Å². The summed E-state index contributed by atoms with van der Waals surface area (Å²) >= 11 is 0. The normalized spacial score (nSPS) is 10.2. The lowest BCUT2D eigenvalue weighted by atomic mass is 10.1. The van der Waals surface area contributed by atoms with Crippen molar-refractivity contribution in [3.05, 3.63) is 78.5 Å². The first kappa shape index (κ1) is 12.4. The first-order valence-electron chi connectivity index (χ1n) is 6.67. The van der Waals surface area contributed by atoms with Gasteiger partial charge in [-0.25, -0.2) is 0 Å². The molecule has 2 heteroatoms. The van der Waals surface area contributed by atoms with Crippen molar-refractivity contribution in [3.8, 4) is 11.3 Å². The molecule has 1 heterocycles. The Morgan fingerprint density at radius 2 is 1.65 bits per heavy atom. The van der Waals surface area contributed by atoms with Gasteiger partial charge in [0.05, 0.1) is 5.69 Å². The Hall–Kier alpha value is -2.61. The Morgan fingerprint density at radius 3 is 2.40 bits per heavy atom. The van der Waals surface area contributed by atoms with E-state index in [0.29, 0.717) is 0 Å². The Labute approximate surface area is 119 Å². The fourth-order valence-electron chi connectivity index (χ4n) is 2.18. The molecule has 3 aromatic rings. The molecule has 0 bridgehead atoms. The number of hydrogen-bond acceptors (Lipinski definition) is 2. The van der Waals surface area contributed by atoms with Gasteiger partial charge >= 0.3 is 0 Å². The van der Waals surface area contributed by atoms with Gasteiger partial charge in [0.2, 0.25) is 0 Å². The smallest absolute Gasteiger partial charge is 0.0722 e. The van der Waals surface area contributed by atoms with Gasteiger partial charge in [-0.2, -0.15) is 0 Å². The zero-order valence-electron chi connectivity index (χ0n) is 11.4. The number of nitrogens with zero attached hydrogens (tertiary/aromatic N) is 1. The molecule has 0 unspecified atom stereocenters. The van der Waals surface area contributed by atoms with E-state index in [0.717, 1.165) is 22.6 Å². The second-order valence-electron chi connectivity index (χ2n) is 4.76. The standard InChI is InChI=1S/C18H16N2/c1-14-10-11-16(17-9-5-6-12-19-17)18(13-14)20-15-7-3-2-4-8-15/h2-13,20H,1H3. The van der Waals surface area contributed by atoms with E-state index in [1.807, 2.05) is 42.6 Å². The summed E-state index contributed by atoms with van der Waals surface area (Å²) in [7, 11) is 0. The molecule has 3 rings (SSSR count). The molecule has 0 aliphatic carbocycles. The van der Waals surface area contributed by atoms with E-state index >= 15 is 0 Å². The molecule has 98 valence electrons. The molecule has 0 saturated heterocycles. The fourth-order valence-corrected chi connectivity index (χ4v) is 2.18. The van der Waals surface area contributed by atoms with Crippen LogP contribution in [-0.2, 0) is 0 Å². The number of hydrogen-bond donors (Lipinski definition) is 1. The molecule has 1 aromatic heterocycles. The summed E-state index contributed by atoms with van der Waals surface area (Å²) in [6.45, 7) is 2.10. The minimum absolute atomic E-state index is 0.978. The number of pyridine rings is 1.